The van der Waals surface area contributed by atoms with Crippen LogP contribution in [0, 0.1) is 12.8 Å². The van der Waals surface area contributed by atoms with Crippen LogP contribution in [-0.4, -0.2) is 23.6 Å². The second-order valence-electron chi connectivity index (χ2n) is 7.08. The number of aryl methyl sites for hydroxylation is 1. The van der Waals surface area contributed by atoms with Gasteiger partial charge in [0, 0.05) is 24.8 Å². The molecule has 0 bridgehead atoms. The van der Waals surface area contributed by atoms with E-state index in [-0.39, 0.29) is 5.54 Å². The van der Waals surface area contributed by atoms with Gasteiger partial charge in [0.05, 0.1) is 0 Å². The Morgan fingerprint density at radius 3 is 2.70 bits per heavy atom. The number of hydrogen-bond donors (Lipinski definition) is 1. The van der Waals surface area contributed by atoms with Crippen molar-refractivity contribution in [1.82, 2.24) is 10.3 Å². The van der Waals surface area contributed by atoms with Gasteiger partial charge in [0.1, 0.15) is 5.82 Å². The van der Waals surface area contributed by atoms with E-state index in [1.54, 1.807) is 0 Å². The Morgan fingerprint density at radius 1 is 1.40 bits per heavy atom. The summed E-state index contributed by atoms with van der Waals surface area (Å²) in [5.41, 5.74) is 2.82. The van der Waals surface area contributed by atoms with Crippen molar-refractivity contribution in [2.24, 2.45) is 5.92 Å². The van der Waals surface area contributed by atoms with Gasteiger partial charge in [-0.3, -0.25) is 0 Å². The fraction of sp³-hybridized carbons (Fsp3) is 0.706. The van der Waals surface area contributed by atoms with Crippen molar-refractivity contribution in [3.8, 4) is 0 Å². The molecule has 0 amide bonds. The first kappa shape index (κ1) is 15.3. The van der Waals surface area contributed by atoms with E-state index >= 15 is 0 Å². The highest BCUT2D eigenvalue weighted by Gasteiger charge is 2.33. The second-order valence-corrected chi connectivity index (χ2v) is 7.08. The molecular weight excluding hydrogens is 246 g/mol. The minimum absolute atomic E-state index is 0.245. The minimum atomic E-state index is 0.245. The van der Waals surface area contributed by atoms with Crippen LogP contribution in [0.25, 0.3) is 0 Å². The third-order valence-corrected chi connectivity index (χ3v) is 4.15. The van der Waals surface area contributed by atoms with E-state index in [9.17, 15) is 0 Å². The predicted octanol–water partition coefficient (Wildman–Crippen LogP) is 3.51. The first-order chi connectivity index (χ1) is 9.40. The number of pyridine rings is 1. The van der Waals surface area contributed by atoms with Gasteiger partial charge in [0.25, 0.3) is 0 Å². The highest BCUT2D eigenvalue weighted by atomic mass is 15.3. The van der Waals surface area contributed by atoms with Gasteiger partial charge in [-0.05, 0) is 63.3 Å². The average molecular weight is 275 g/mol. The fourth-order valence-electron chi connectivity index (χ4n) is 3.01. The minimum Gasteiger partial charge on any atom is -0.351 e. The van der Waals surface area contributed by atoms with E-state index in [0.717, 1.165) is 19.6 Å². The Kier molecular flexibility index (Phi) is 4.69. The lowest BCUT2D eigenvalue weighted by molar-refractivity contribution is 0.513. The van der Waals surface area contributed by atoms with Crippen LogP contribution in [0.3, 0.4) is 0 Å². The maximum Gasteiger partial charge on any atom is 0.131 e. The van der Waals surface area contributed by atoms with Crippen molar-refractivity contribution < 1.29 is 0 Å². The van der Waals surface area contributed by atoms with Crippen LogP contribution in [0.1, 0.15) is 51.7 Å². The number of hydrogen-bond acceptors (Lipinski definition) is 3. The van der Waals surface area contributed by atoms with Crippen LogP contribution in [-0.2, 0) is 6.54 Å². The maximum atomic E-state index is 4.74. The highest BCUT2D eigenvalue weighted by Crippen LogP contribution is 2.34. The largest absolute Gasteiger partial charge is 0.351 e. The number of rotatable bonds is 5. The predicted molar refractivity (Wildman–Crippen MR) is 86.2 cm³/mol. The van der Waals surface area contributed by atoms with Crippen molar-refractivity contribution >= 4 is 5.82 Å². The normalized spacial score (nSPS) is 18.0. The molecule has 0 unspecified atom stereocenters. The lowest BCUT2D eigenvalue weighted by Gasteiger charge is -2.33. The molecule has 2 rings (SSSR count). The molecule has 1 aliphatic rings. The second kappa shape index (κ2) is 6.13. The van der Waals surface area contributed by atoms with Crippen LogP contribution in [0.15, 0.2) is 12.3 Å². The van der Waals surface area contributed by atoms with Gasteiger partial charge in [-0.1, -0.05) is 13.8 Å². The number of aromatic nitrogens is 1. The molecule has 0 aromatic carbocycles. The smallest absolute Gasteiger partial charge is 0.131 e. The standard InChI is InChI=1S/C17H29N3/c1-13(2)10-18-11-15-9-14(3)16(19-12-15)20-8-6-7-17(20,4)5/h9,12-13,18H,6-8,10-11H2,1-5H3. The Labute approximate surface area is 123 Å². The van der Waals surface area contributed by atoms with Gasteiger partial charge in [-0.25, -0.2) is 4.98 Å². The summed E-state index contributed by atoms with van der Waals surface area (Å²) in [6.45, 7) is 14.4. The summed E-state index contributed by atoms with van der Waals surface area (Å²) < 4.78 is 0. The molecule has 2 heterocycles. The van der Waals surface area contributed by atoms with Crippen molar-refractivity contribution in [1.29, 1.82) is 0 Å². The van der Waals surface area contributed by atoms with Crippen molar-refractivity contribution in [2.75, 3.05) is 18.0 Å². The summed E-state index contributed by atoms with van der Waals surface area (Å²) in [5.74, 6) is 1.86. The van der Waals surface area contributed by atoms with Gasteiger partial charge < -0.3 is 10.2 Å². The summed E-state index contributed by atoms with van der Waals surface area (Å²) in [5, 5.41) is 3.48. The Bertz CT molecular complexity index is 452. The zero-order chi connectivity index (χ0) is 14.8. The maximum absolute atomic E-state index is 4.74. The lowest BCUT2D eigenvalue weighted by atomic mass is 10.0. The van der Waals surface area contributed by atoms with Crippen LogP contribution in [0.5, 0.6) is 0 Å². The quantitative estimate of drug-likeness (QED) is 0.891. The Morgan fingerprint density at radius 2 is 2.15 bits per heavy atom. The summed E-state index contributed by atoms with van der Waals surface area (Å²) in [4.78, 5) is 7.21. The molecule has 0 saturated carbocycles. The van der Waals surface area contributed by atoms with Crippen molar-refractivity contribution in [2.45, 2.75) is 59.5 Å². The van der Waals surface area contributed by atoms with Crippen LogP contribution >= 0.6 is 0 Å². The van der Waals surface area contributed by atoms with E-state index in [4.69, 9.17) is 4.98 Å². The first-order valence-corrected chi connectivity index (χ1v) is 7.84. The van der Waals surface area contributed by atoms with Crippen molar-refractivity contribution in [3.63, 3.8) is 0 Å². The molecule has 3 nitrogen and oxygen atoms in total. The molecule has 0 atom stereocenters. The van der Waals surface area contributed by atoms with E-state index in [0.29, 0.717) is 5.92 Å². The van der Waals surface area contributed by atoms with Gasteiger partial charge in [-0.2, -0.15) is 0 Å². The molecule has 1 aromatic heterocycles. The van der Waals surface area contributed by atoms with E-state index in [2.05, 4.69) is 50.9 Å². The van der Waals surface area contributed by atoms with Crippen LogP contribution in [0.4, 0.5) is 5.82 Å². The van der Waals surface area contributed by atoms with Gasteiger partial charge in [0.2, 0.25) is 0 Å². The fourth-order valence-corrected chi connectivity index (χ4v) is 3.01. The van der Waals surface area contributed by atoms with Crippen LogP contribution < -0.4 is 10.2 Å². The number of nitrogens with zero attached hydrogens (tertiary/aromatic N) is 2. The lowest BCUT2D eigenvalue weighted by Crippen LogP contribution is -2.39. The third-order valence-electron chi connectivity index (χ3n) is 4.15. The molecule has 1 aromatic rings. The molecule has 0 aliphatic carbocycles. The third kappa shape index (κ3) is 3.51. The average Bonchev–Trinajstić information content (AvgIpc) is 2.69. The van der Waals surface area contributed by atoms with Gasteiger partial charge >= 0.3 is 0 Å². The van der Waals surface area contributed by atoms with Gasteiger partial charge in [0.15, 0.2) is 0 Å². The van der Waals surface area contributed by atoms with Gasteiger partial charge in [-0.15, -0.1) is 0 Å². The van der Waals surface area contributed by atoms with E-state index in [1.807, 2.05) is 6.20 Å². The zero-order valence-corrected chi connectivity index (χ0v) is 13.7. The molecule has 3 heteroatoms. The number of nitrogens with one attached hydrogen (secondary N) is 1. The molecule has 20 heavy (non-hydrogen) atoms. The Balaban J connectivity index is 2.06. The molecule has 1 saturated heterocycles. The molecule has 0 spiro atoms. The molecule has 1 aliphatic heterocycles. The zero-order valence-electron chi connectivity index (χ0n) is 13.7. The first-order valence-electron chi connectivity index (χ1n) is 7.84. The van der Waals surface area contributed by atoms with Crippen molar-refractivity contribution in [3.05, 3.63) is 23.4 Å². The highest BCUT2D eigenvalue weighted by molar-refractivity contribution is 5.50. The molecular formula is C17H29N3. The SMILES string of the molecule is Cc1cc(CNCC(C)C)cnc1N1CCCC1(C)C. The Hall–Kier alpha value is -1.09. The van der Waals surface area contributed by atoms with E-state index < -0.39 is 0 Å². The molecule has 1 fully saturated rings. The summed E-state index contributed by atoms with van der Waals surface area (Å²) >= 11 is 0. The molecule has 0 radical (unpaired) electrons. The summed E-state index contributed by atoms with van der Waals surface area (Å²) in [6, 6.07) is 2.28. The van der Waals surface area contributed by atoms with Crippen LogP contribution in [0.2, 0.25) is 0 Å². The number of anilines is 1. The molecule has 1 N–H and O–H groups in total. The summed E-state index contributed by atoms with van der Waals surface area (Å²) in [6.07, 6.45) is 4.56. The molecule has 112 valence electrons. The monoisotopic (exact) mass is 275 g/mol. The van der Waals surface area contributed by atoms with E-state index in [1.165, 1.54) is 29.8 Å². The topological polar surface area (TPSA) is 28.2 Å². The summed E-state index contributed by atoms with van der Waals surface area (Å²) in [7, 11) is 0.